The summed E-state index contributed by atoms with van der Waals surface area (Å²) in [4.78, 5) is 30.1. The van der Waals surface area contributed by atoms with Crippen molar-refractivity contribution < 1.29 is 14.6 Å². The largest absolute Gasteiger partial charge is 0.494 e. The first-order chi connectivity index (χ1) is 15.5. The van der Waals surface area contributed by atoms with Crippen molar-refractivity contribution in [1.29, 1.82) is 0 Å². The van der Waals surface area contributed by atoms with Crippen molar-refractivity contribution in [2.75, 3.05) is 6.61 Å². The summed E-state index contributed by atoms with van der Waals surface area (Å²) < 4.78 is 7.40. The van der Waals surface area contributed by atoms with Crippen LogP contribution in [-0.2, 0) is 13.0 Å². The van der Waals surface area contributed by atoms with Crippen LogP contribution in [0.4, 0.5) is 0 Å². The summed E-state index contributed by atoms with van der Waals surface area (Å²) in [6.45, 7) is 4.90. The third-order valence-corrected chi connectivity index (χ3v) is 6.23. The van der Waals surface area contributed by atoms with Gasteiger partial charge in [0.25, 0.3) is 5.56 Å². The first-order valence-electron chi connectivity index (χ1n) is 10.5. The van der Waals surface area contributed by atoms with Crippen molar-refractivity contribution in [2.45, 2.75) is 33.2 Å². The van der Waals surface area contributed by atoms with Crippen LogP contribution in [0.5, 0.6) is 5.75 Å². The Balaban J connectivity index is 1.64. The number of aryl methyl sites for hydroxylation is 2. The Labute approximate surface area is 189 Å². The van der Waals surface area contributed by atoms with Gasteiger partial charge in [-0.3, -0.25) is 9.36 Å². The average Bonchev–Trinajstić information content (AvgIpc) is 3.23. The van der Waals surface area contributed by atoms with E-state index in [1.165, 1.54) is 22.3 Å². The highest BCUT2D eigenvalue weighted by molar-refractivity contribution is 7.17. The number of rotatable bonds is 8. The highest BCUT2D eigenvalue weighted by Gasteiger charge is 2.20. The van der Waals surface area contributed by atoms with Crippen molar-refractivity contribution in [1.82, 2.24) is 9.55 Å². The van der Waals surface area contributed by atoms with Crippen molar-refractivity contribution in [3.63, 3.8) is 0 Å². The van der Waals surface area contributed by atoms with Gasteiger partial charge in [0.1, 0.15) is 16.4 Å². The first kappa shape index (κ1) is 21.8. The zero-order valence-corrected chi connectivity index (χ0v) is 18.8. The molecule has 0 amide bonds. The predicted octanol–water partition coefficient (Wildman–Crippen LogP) is 5.16. The summed E-state index contributed by atoms with van der Waals surface area (Å²) in [6, 6.07) is 15.8. The number of carboxylic acid groups (broad SMARTS) is 1. The number of nitrogens with zero attached hydrogens (tertiary/aromatic N) is 2. The van der Waals surface area contributed by atoms with Crippen molar-refractivity contribution in [3.8, 4) is 17.1 Å². The van der Waals surface area contributed by atoms with Gasteiger partial charge in [-0.15, -0.1) is 11.3 Å². The number of hydrogen-bond acceptors (Lipinski definition) is 5. The third-order valence-electron chi connectivity index (χ3n) is 5.36. The highest BCUT2D eigenvalue weighted by atomic mass is 32.1. The van der Waals surface area contributed by atoms with Crippen LogP contribution in [0.25, 0.3) is 21.6 Å². The summed E-state index contributed by atoms with van der Waals surface area (Å²) in [6.07, 6.45) is 1.55. The molecule has 4 rings (SSSR count). The van der Waals surface area contributed by atoms with Crippen LogP contribution in [-0.4, -0.2) is 27.2 Å². The molecular formula is C25H24N2O4S. The molecule has 164 valence electrons. The van der Waals surface area contributed by atoms with Crippen LogP contribution in [0.1, 0.15) is 34.8 Å². The van der Waals surface area contributed by atoms with Gasteiger partial charge in [-0.25, -0.2) is 9.78 Å². The topological polar surface area (TPSA) is 81.4 Å². The maximum Gasteiger partial charge on any atom is 0.337 e. The molecule has 0 aliphatic carbocycles. The third kappa shape index (κ3) is 4.43. The Kier molecular flexibility index (Phi) is 6.37. The molecule has 0 saturated heterocycles. The van der Waals surface area contributed by atoms with Crippen molar-refractivity contribution in [3.05, 3.63) is 81.0 Å². The van der Waals surface area contributed by atoms with Gasteiger partial charge in [-0.1, -0.05) is 48.9 Å². The normalized spacial score (nSPS) is 11.1. The van der Waals surface area contributed by atoms with E-state index in [1.807, 2.05) is 55.5 Å². The number of ether oxygens (including phenoxy) is 1. The van der Waals surface area contributed by atoms with Crippen LogP contribution in [0.2, 0.25) is 0 Å². The molecule has 0 atom stereocenters. The highest BCUT2D eigenvalue weighted by Crippen LogP contribution is 2.26. The van der Waals surface area contributed by atoms with Crippen LogP contribution >= 0.6 is 11.3 Å². The molecule has 0 bridgehead atoms. The quantitative estimate of drug-likeness (QED) is 0.377. The zero-order valence-electron chi connectivity index (χ0n) is 18.0. The van der Waals surface area contributed by atoms with Crippen molar-refractivity contribution in [2.24, 2.45) is 0 Å². The SMILES string of the molecule is CCc1ccc(OCCCn2c(-c3ccc(C)cc3)nc3scc(C(=O)O)c3c2=O)cc1. The molecule has 0 spiro atoms. The Morgan fingerprint density at radius 2 is 1.84 bits per heavy atom. The van der Waals surface area contributed by atoms with Crippen LogP contribution in [0.3, 0.4) is 0 Å². The smallest absolute Gasteiger partial charge is 0.337 e. The lowest BCUT2D eigenvalue weighted by atomic mass is 10.1. The van der Waals surface area contributed by atoms with Crippen LogP contribution in [0, 0.1) is 6.92 Å². The molecule has 6 nitrogen and oxygen atoms in total. The number of fused-ring (bicyclic) bond motifs is 1. The minimum Gasteiger partial charge on any atom is -0.494 e. The van der Waals surface area contributed by atoms with Gasteiger partial charge in [0.05, 0.1) is 17.6 Å². The Morgan fingerprint density at radius 3 is 2.50 bits per heavy atom. The van der Waals surface area contributed by atoms with Gasteiger partial charge < -0.3 is 9.84 Å². The molecule has 0 aliphatic heterocycles. The van der Waals surface area contributed by atoms with Crippen molar-refractivity contribution >= 4 is 27.5 Å². The lowest BCUT2D eigenvalue weighted by Gasteiger charge is -2.14. The van der Waals surface area contributed by atoms with E-state index in [0.717, 1.165) is 23.3 Å². The number of benzene rings is 2. The van der Waals surface area contributed by atoms with Gasteiger partial charge in [0, 0.05) is 17.5 Å². The average molecular weight is 449 g/mol. The first-order valence-corrected chi connectivity index (χ1v) is 11.4. The zero-order chi connectivity index (χ0) is 22.7. The monoisotopic (exact) mass is 448 g/mol. The number of thiophene rings is 1. The molecule has 0 unspecified atom stereocenters. The molecule has 1 N–H and O–H groups in total. The molecule has 32 heavy (non-hydrogen) atoms. The molecule has 4 aromatic rings. The number of hydrogen-bond donors (Lipinski definition) is 1. The fraction of sp³-hybridized carbons (Fsp3) is 0.240. The second kappa shape index (κ2) is 9.36. The Bertz CT molecular complexity index is 1310. The van der Waals surface area contributed by atoms with E-state index in [1.54, 1.807) is 4.57 Å². The molecular weight excluding hydrogens is 424 g/mol. The summed E-state index contributed by atoms with van der Waals surface area (Å²) in [5.74, 6) is 0.199. The molecule has 0 saturated carbocycles. The second-order valence-corrected chi connectivity index (χ2v) is 8.45. The number of carbonyl (C=O) groups is 1. The standard InChI is InChI=1S/C25H24N2O4S/c1-3-17-7-11-19(12-8-17)31-14-4-13-27-22(18-9-5-16(2)6-10-18)26-23-21(24(27)28)20(15-32-23)25(29)30/h5-12,15H,3-4,13-14H2,1-2H3,(H,29,30). The molecule has 0 aliphatic rings. The van der Waals surface area contributed by atoms with E-state index in [9.17, 15) is 14.7 Å². The minimum atomic E-state index is -1.12. The van der Waals surface area contributed by atoms with E-state index >= 15 is 0 Å². The molecule has 7 heteroatoms. The fourth-order valence-electron chi connectivity index (χ4n) is 3.55. The maximum atomic E-state index is 13.3. The van der Waals surface area contributed by atoms with Gasteiger partial charge in [0.15, 0.2) is 0 Å². The van der Waals surface area contributed by atoms with E-state index in [0.29, 0.717) is 30.2 Å². The maximum absolute atomic E-state index is 13.3. The summed E-state index contributed by atoms with van der Waals surface area (Å²) in [7, 11) is 0. The summed E-state index contributed by atoms with van der Waals surface area (Å²) in [5, 5.41) is 11.1. The molecule has 2 aromatic heterocycles. The van der Waals surface area contributed by atoms with Crippen LogP contribution < -0.4 is 10.3 Å². The van der Waals surface area contributed by atoms with Crippen LogP contribution in [0.15, 0.2) is 58.7 Å². The van der Waals surface area contributed by atoms with Gasteiger partial charge in [-0.2, -0.15) is 0 Å². The van der Waals surface area contributed by atoms with E-state index < -0.39 is 5.97 Å². The summed E-state index contributed by atoms with van der Waals surface area (Å²) in [5.41, 5.74) is 2.83. The fourth-order valence-corrected chi connectivity index (χ4v) is 4.45. The van der Waals surface area contributed by atoms with Gasteiger partial charge in [-0.05, 0) is 37.5 Å². The Hall–Kier alpha value is -3.45. The molecule has 0 fully saturated rings. The summed E-state index contributed by atoms with van der Waals surface area (Å²) >= 11 is 1.18. The number of aromatic carboxylic acids is 1. The lowest BCUT2D eigenvalue weighted by molar-refractivity contribution is 0.0699. The molecule has 2 aromatic carbocycles. The van der Waals surface area contributed by atoms with E-state index in [-0.39, 0.29) is 16.5 Å². The predicted molar refractivity (Wildman–Crippen MR) is 127 cm³/mol. The van der Waals surface area contributed by atoms with Gasteiger partial charge >= 0.3 is 5.97 Å². The number of carboxylic acids is 1. The lowest BCUT2D eigenvalue weighted by Crippen LogP contribution is -2.25. The van der Waals surface area contributed by atoms with Gasteiger partial charge in [0.2, 0.25) is 0 Å². The molecule has 2 heterocycles. The molecule has 0 radical (unpaired) electrons. The Morgan fingerprint density at radius 1 is 1.12 bits per heavy atom. The number of aromatic nitrogens is 2. The second-order valence-electron chi connectivity index (χ2n) is 7.59. The minimum absolute atomic E-state index is 0.000954. The van der Waals surface area contributed by atoms with E-state index in [2.05, 4.69) is 11.9 Å². The van der Waals surface area contributed by atoms with E-state index in [4.69, 9.17) is 4.74 Å².